The van der Waals surface area contributed by atoms with E-state index < -0.39 is 0 Å². The first-order valence-corrected chi connectivity index (χ1v) is 6.99. The lowest BCUT2D eigenvalue weighted by molar-refractivity contribution is -0.142. The van der Waals surface area contributed by atoms with Crippen molar-refractivity contribution >= 4 is 33.5 Å². The summed E-state index contributed by atoms with van der Waals surface area (Å²) in [6.45, 7) is 2.23. The lowest BCUT2D eigenvalue weighted by Gasteiger charge is -2.07. The van der Waals surface area contributed by atoms with Crippen molar-refractivity contribution in [2.24, 2.45) is 0 Å². The van der Waals surface area contributed by atoms with Crippen LogP contribution in [0.4, 0.5) is 0 Å². The highest BCUT2D eigenvalue weighted by Crippen LogP contribution is 2.20. The molecule has 0 spiro atoms. The van der Waals surface area contributed by atoms with Gasteiger partial charge in [0.15, 0.2) is 0 Å². The Labute approximate surface area is 115 Å². The van der Waals surface area contributed by atoms with Crippen LogP contribution >= 0.6 is 27.5 Å². The molecule has 17 heavy (non-hydrogen) atoms. The number of hydrogen-bond donors (Lipinski definition) is 0. The molecule has 0 unspecified atom stereocenters. The molecule has 0 radical (unpaired) electrons. The molecule has 1 aromatic carbocycles. The zero-order valence-electron chi connectivity index (χ0n) is 9.84. The number of benzene rings is 1. The second-order valence-electron chi connectivity index (χ2n) is 3.70. The number of esters is 1. The van der Waals surface area contributed by atoms with Crippen LogP contribution in [0.5, 0.6) is 0 Å². The van der Waals surface area contributed by atoms with E-state index in [9.17, 15) is 4.79 Å². The van der Waals surface area contributed by atoms with E-state index >= 15 is 0 Å². The first kappa shape index (κ1) is 14.5. The minimum atomic E-state index is -0.193. The van der Waals surface area contributed by atoms with Gasteiger partial charge in [-0.15, -0.1) is 11.6 Å². The molecule has 0 N–H and O–H groups in total. The average molecular weight is 320 g/mol. The molecule has 0 amide bonds. The topological polar surface area (TPSA) is 26.3 Å². The van der Waals surface area contributed by atoms with Crippen LogP contribution in [0.3, 0.4) is 0 Å². The van der Waals surface area contributed by atoms with Crippen molar-refractivity contribution < 1.29 is 9.53 Å². The smallest absolute Gasteiger partial charge is 0.310 e. The van der Waals surface area contributed by atoms with Gasteiger partial charge in [0.05, 0.1) is 13.0 Å². The van der Waals surface area contributed by atoms with Crippen molar-refractivity contribution in [1.29, 1.82) is 0 Å². The predicted molar refractivity (Wildman–Crippen MR) is 73.5 cm³/mol. The zero-order valence-corrected chi connectivity index (χ0v) is 12.2. The lowest BCUT2D eigenvalue weighted by atomic mass is 10.1. The predicted octanol–water partition coefficient (Wildman–Crippen LogP) is 3.73. The molecule has 0 aliphatic carbocycles. The molecule has 94 valence electrons. The third kappa shape index (κ3) is 5.09. The molecule has 0 aromatic heterocycles. The first-order chi connectivity index (χ1) is 8.17. The SMILES string of the molecule is CCOC(=O)Cc1ccc(CCCCl)cc1Br. The fourth-order valence-electron chi connectivity index (χ4n) is 1.53. The maximum absolute atomic E-state index is 11.4. The van der Waals surface area contributed by atoms with Crippen LogP contribution in [0, 0.1) is 0 Å². The molecule has 0 atom stereocenters. The Kier molecular flexibility index (Phi) is 6.60. The molecule has 0 heterocycles. The molecule has 0 fully saturated rings. The molecule has 1 rings (SSSR count). The standard InChI is InChI=1S/C13H16BrClO2/c1-2-17-13(16)9-11-6-5-10(4-3-7-15)8-12(11)14/h5-6,8H,2-4,7,9H2,1H3. The fourth-order valence-corrected chi connectivity index (χ4v) is 2.23. The number of alkyl halides is 1. The molecule has 0 saturated carbocycles. The van der Waals surface area contributed by atoms with Gasteiger partial charge >= 0.3 is 5.97 Å². The van der Waals surface area contributed by atoms with Gasteiger partial charge in [-0.3, -0.25) is 4.79 Å². The summed E-state index contributed by atoms with van der Waals surface area (Å²) in [5.41, 5.74) is 2.18. The molecule has 0 bridgehead atoms. The third-order valence-electron chi connectivity index (χ3n) is 2.36. The number of carbonyl (C=O) groups is 1. The van der Waals surface area contributed by atoms with Crippen LogP contribution in [-0.4, -0.2) is 18.5 Å². The summed E-state index contributed by atoms with van der Waals surface area (Å²) in [5.74, 6) is 0.476. The summed E-state index contributed by atoms with van der Waals surface area (Å²) in [7, 11) is 0. The third-order valence-corrected chi connectivity index (χ3v) is 3.36. The van der Waals surface area contributed by atoms with Gasteiger partial charge in [-0.05, 0) is 37.0 Å². The molecular weight excluding hydrogens is 303 g/mol. The van der Waals surface area contributed by atoms with Crippen LogP contribution in [-0.2, 0) is 22.4 Å². The molecular formula is C13H16BrClO2. The van der Waals surface area contributed by atoms with E-state index in [-0.39, 0.29) is 5.97 Å². The van der Waals surface area contributed by atoms with Gasteiger partial charge in [0.25, 0.3) is 0 Å². The van der Waals surface area contributed by atoms with Crippen molar-refractivity contribution in [3.05, 3.63) is 33.8 Å². The molecule has 0 aliphatic heterocycles. The largest absolute Gasteiger partial charge is 0.466 e. The van der Waals surface area contributed by atoms with E-state index in [4.69, 9.17) is 16.3 Å². The molecule has 1 aromatic rings. The Morgan fingerprint density at radius 1 is 1.47 bits per heavy atom. The summed E-state index contributed by atoms with van der Waals surface area (Å²) < 4.78 is 5.87. The highest BCUT2D eigenvalue weighted by molar-refractivity contribution is 9.10. The van der Waals surface area contributed by atoms with Crippen LogP contribution in [0.2, 0.25) is 0 Å². The number of rotatable bonds is 6. The average Bonchev–Trinajstić information content (AvgIpc) is 2.30. The second kappa shape index (κ2) is 7.72. The van der Waals surface area contributed by atoms with Gasteiger partial charge < -0.3 is 4.74 Å². The number of ether oxygens (including phenoxy) is 1. The Morgan fingerprint density at radius 3 is 2.82 bits per heavy atom. The van der Waals surface area contributed by atoms with Crippen LogP contribution in [0.15, 0.2) is 22.7 Å². The molecule has 0 aliphatic rings. The van der Waals surface area contributed by atoms with E-state index in [0.29, 0.717) is 18.9 Å². The first-order valence-electron chi connectivity index (χ1n) is 5.66. The van der Waals surface area contributed by atoms with Gasteiger partial charge in [0.2, 0.25) is 0 Å². The minimum Gasteiger partial charge on any atom is -0.466 e. The van der Waals surface area contributed by atoms with Crippen molar-refractivity contribution in [3.8, 4) is 0 Å². The van der Waals surface area contributed by atoms with E-state index in [1.165, 1.54) is 5.56 Å². The number of hydrogen-bond acceptors (Lipinski definition) is 2. The summed E-state index contributed by atoms with van der Waals surface area (Å²) in [5, 5.41) is 0. The molecule has 2 nitrogen and oxygen atoms in total. The fraction of sp³-hybridized carbons (Fsp3) is 0.462. The van der Waals surface area contributed by atoms with E-state index in [1.54, 1.807) is 0 Å². The van der Waals surface area contributed by atoms with Crippen LogP contribution in [0.1, 0.15) is 24.5 Å². The van der Waals surface area contributed by atoms with Crippen molar-refractivity contribution in [2.45, 2.75) is 26.2 Å². The Morgan fingerprint density at radius 2 is 2.24 bits per heavy atom. The lowest BCUT2D eigenvalue weighted by Crippen LogP contribution is -2.08. The summed E-state index contributed by atoms with van der Waals surface area (Å²) in [4.78, 5) is 11.4. The summed E-state index contributed by atoms with van der Waals surface area (Å²) in [6, 6.07) is 6.04. The van der Waals surface area contributed by atoms with E-state index in [0.717, 1.165) is 22.9 Å². The number of aryl methyl sites for hydroxylation is 1. The summed E-state index contributed by atoms with van der Waals surface area (Å²) >= 11 is 9.13. The van der Waals surface area contributed by atoms with E-state index in [1.807, 2.05) is 25.1 Å². The van der Waals surface area contributed by atoms with Gasteiger partial charge in [-0.1, -0.05) is 28.1 Å². The maximum Gasteiger partial charge on any atom is 0.310 e. The maximum atomic E-state index is 11.4. The Hall–Kier alpha value is -0.540. The second-order valence-corrected chi connectivity index (χ2v) is 4.93. The highest BCUT2D eigenvalue weighted by atomic mass is 79.9. The summed E-state index contributed by atoms with van der Waals surface area (Å²) in [6.07, 6.45) is 2.23. The van der Waals surface area contributed by atoms with Crippen LogP contribution in [0.25, 0.3) is 0 Å². The van der Waals surface area contributed by atoms with Crippen molar-refractivity contribution in [3.63, 3.8) is 0 Å². The Bertz CT molecular complexity index is 380. The van der Waals surface area contributed by atoms with Gasteiger partial charge in [-0.2, -0.15) is 0 Å². The Balaban J connectivity index is 2.65. The monoisotopic (exact) mass is 318 g/mol. The van der Waals surface area contributed by atoms with Crippen molar-refractivity contribution in [1.82, 2.24) is 0 Å². The minimum absolute atomic E-state index is 0.193. The van der Waals surface area contributed by atoms with Gasteiger partial charge in [0, 0.05) is 10.4 Å². The van der Waals surface area contributed by atoms with E-state index in [2.05, 4.69) is 15.9 Å². The highest BCUT2D eigenvalue weighted by Gasteiger charge is 2.08. The van der Waals surface area contributed by atoms with Gasteiger partial charge in [0.1, 0.15) is 0 Å². The molecule has 0 saturated heterocycles. The quantitative estimate of drug-likeness (QED) is 0.590. The zero-order chi connectivity index (χ0) is 12.7. The van der Waals surface area contributed by atoms with Crippen LogP contribution < -0.4 is 0 Å². The molecule has 4 heteroatoms. The van der Waals surface area contributed by atoms with Crippen molar-refractivity contribution in [2.75, 3.05) is 12.5 Å². The number of carbonyl (C=O) groups excluding carboxylic acids is 1. The van der Waals surface area contributed by atoms with Gasteiger partial charge in [-0.25, -0.2) is 0 Å². The normalized spacial score (nSPS) is 10.3. The number of halogens is 2.